The van der Waals surface area contributed by atoms with Crippen molar-refractivity contribution >= 4 is 33.2 Å². The van der Waals surface area contributed by atoms with Crippen molar-refractivity contribution < 1.29 is 9.53 Å². The van der Waals surface area contributed by atoms with Crippen molar-refractivity contribution in [3.63, 3.8) is 0 Å². The lowest BCUT2D eigenvalue weighted by atomic mass is 10.3. The highest BCUT2D eigenvalue weighted by Gasteiger charge is 2.15. The second-order valence-electron chi connectivity index (χ2n) is 4.18. The van der Waals surface area contributed by atoms with Crippen molar-refractivity contribution in [2.75, 3.05) is 32.8 Å². The zero-order valence-electron chi connectivity index (χ0n) is 10.2. The molecule has 1 aromatic rings. The first-order chi connectivity index (χ1) is 8.75. The third-order valence-electron chi connectivity index (χ3n) is 2.83. The van der Waals surface area contributed by atoms with E-state index in [4.69, 9.17) is 4.74 Å². The number of hydrogen-bond acceptors (Lipinski definition) is 4. The molecule has 2 heterocycles. The van der Waals surface area contributed by atoms with Crippen LogP contribution >= 0.6 is 27.3 Å². The maximum absolute atomic E-state index is 11.8. The zero-order valence-corrected chi connectivity index (χ0v) is 12.6. The van der Waals surface area contributed by atoms with E-state index in [1.165, 1.54) is 5.56 Å². The standard InChI is InChI=1S/C12H17BrN2O2S/c13-11-7-10(9-18-11)8-14-2-1-12(16)15-3-5-17-6-4-15/h7,9,14H,1-6,8H2. The van der Waals surface area contributed by atoms with Gasteiger partial charge in [-0.2, -0.15) is 0 Å². The first-order valence-corrected chi connectivity index (χ1v) is 7.72. The lowest BCUT2D eigenvalue weighted by Crippen LogP contribution is -2.41. The Labute approximate surface area is 119 Å². The van der Waals surface area contributed by atoms with E-state index >= 15 is 0 Å². The third kappa shape index (κ3) is 4.35. The summed E-state index contributed by atoms with van der Waals surface area (Å²) in [7, 11) is 0. The Bertz CT molecular complexity index is 391. The van der Waals surface area contributed by atoms with Gasteiger partial charge in [-0.3, -0.25) is 4.79 Å². The molecule has 6 heteroatoms. The van der Waals surface area contributed by atoms with Crippen LogP contribution in [0.3, 0.4) is 0 Å². The number of rotatable bonds is 5. The lowest BCUT2D eigenvalue weighted by molar-refractivity contribution is -0.135. The molecular weight excluding hydrogens is 316 g/mol. The van der Waals surface area contributed by atoms with Gasteiger partial charge in [0.1, 0.15) is 0 Å². The molecule has 4 nitrogen and oxygen atoms in total. The van der Waals surface area contributed by atoms with Crippen molar-refractivity contribution in [2.45, 2.75) is 13.0 Å². The molecule has 1 saturated heterocycles. The second-order valence-corrected chi connectivity index (χ2v) is 6.47. The highest BCUT2D eigenvalue weighted by atomic mass is 79.9. The van der Waals surface area contributed by atoms with Crippen molar-refractivity contribution in [3.8, 4) is 0 Å². The molecule has 0 atom stereocenters. The van der Waals surface area contributed by atoms with Gasteiger partial charge in [-0.05, 0) is 32.9 Å². The minimum absolute atomic E-state index is 0.220. The minimum atomic E-state index is 0.220. The van der Waals surface area contributed by atoms with Crippen molar-refractivity contribution in [2.24, 2.45) is 0 Å². The molecule has 2 rings (SSSR count). The van der Waals surface area contributed by atoms with Crippen LogP contribution in [0, 0.1) is 0 Å². The average molecular weight is 333 g/mol. The number of amides is 1. The molecule has 1 aromatic heterocycles. The van der Waals surface area contributed by atoms with Gasteiger partial charge in [0.2, 0.25) is 5.91 Å². The number of ether oxygens (including phenoxy) is 1. The highest BCUT2D eigenvalue weighted by molar-refractivity contribution is 9.11. The molecule has 1 amide bonds. The fraction of sp³-hybridized carbons (Fsp3) is 0.583. The quantitative estimate of drug-likeness (QED) is 0.836. The summed E-state index contributed by atoms with van der Waals surface area (Å²) < 4.78 is 6.37. The largest absolute Gasteiger partial charge is 0.378 e. The van der Waals surface area contributed by atoms with Crippen LogP contribution < -0.4 is 5.32 Å². The number of halogens is 1. The molecule has 1 fully saturated rings. The molecular formula is C12H17BrN2O2S. The number of carbonyl (C=O) groups is 1. The fourth-order valence-corrected chi connectivity index (χ4v) is 3.05. The van der Waals surface area contributed by atoms with E-state index in [0.717, 1.165) is 30.0 Å². The molecule has 100 valence electrons. The molecule has 1 N–H and O–H groups in total. The monoisotopic (exact) mass is 332 g/mol. The van der Waals surface area contributed by atoms with Crippen molar-refractivity contribution in [1.29, 1.82) is 0 Å². The Morgan fingerprint density at radius 2 is 2.28 bits per heavy atom. The maximum Gasteiger partial charge on any atom is 0.224 e. The topological polar surface area (TPSA) is 41.6 Å². The summed E-state index contributed by atoms with van der Waals surface area (Å²) in [5, 5.41) is 5.40. The van der Waals surface area contributed by atoms with E-state index < -0.39 is 0 Å². The Kier molecular flexibility index (Phi) is 5.62. The maximum atomic E-state index is 11.8. The number of thiophene rings is 1. The average Bonchev–Trinajstić information content (AvgIpc) is 2.81. The summed E-state index contributed by atoms with van der Waals surface area (Å²) in [6.07, 6.45) is 0.561. The predicted octanol–water partition coefficient (Wildman–Crippen LogP) is 1.85. The Morgan fingerprint density at radius 1 is 1.50 bits per heavy atom. The van der Waals surface area contributed by atoms with Gasteiger partial charge < -0.3 is 15.0 Å². The fourth-order valence-electron chi connectivity index (χ4n) is 1.84. The molecule has 0 aliphatic carbocycles. The van der Waals surface area contributed by atoms with Crippen molar-refractivity contribution in [1.82, 2.24) is 10.2 Å². The van der Waals surface area contributed by atoms with Gasteiger partial charge in [-0.25, -0.2) is 0 Å². The van der Waals surface area contributed by atoms with Crippen LogP contribution in [-0.2, 0) is 16.1 Å². The zero-order chi connectivity index (χ0) is 12.8. The van der Waals surface area contributed by atoms with Crippen LogP contribution in [0.25, 0.3) is 0 Å². The molecule has 0 bridgehead atoms. The molecule has 0 aromatic carbocycles. The third-order valence-corrected chi connectivity index (χ3v) is 4.38. The first-order valence-electron chi connectivity index (χ1n) is 6.05. The van der Waals surface area contributed by atoms with Gasteiger partial charge >= 0.3 is 0 Å². The van der Waals surface area contributed by atoms with Gasteiger partial charge in [0.15, 0.2) is 0 Å². The molecule has 1 aliphatic heterocycles. The summed E-state index contributed by atoms with van der Waals surface area (Å²) in [6, 6.07) is 2.10. The Hall–Kier alpha value is -0.430. The summed E-state index contributed by atoms with van der Waals surface area (Å²) in [5.41, 5.74) is 1.26. The number of nitrogens with zero attached hydrogens (tertiary/aromatic N) is 1. The summed E-state index contributed by atoms with van der Waals surface area (Å²) in [5.74, 6) is 0.220. The van der Waals surface area contributed by atoms with Gasteiger partial charge in [-0.15, -0.1) is 11.3 Å². The molecule has 0 radical (unpaired) electrons. The first kappa shape index (κ1) is 14.0. The van der Waals surface area contributed by atoms with Gasteiger partial charge in [0, 0.05) is 32.6 Å². The van der Waals surface area contributed by atoms with E-state index in [0.29, 0.717) is 19.6 Å². The van der Waals surface area contributed by atoms with Gasteiger partial charge in [0.05, 0.1) is 17.0 Å². The Morgan fingerprint density at radius 3 is 2.94 bits per heavy atom. The van der Waals surface area contributed by atoms with E-state index in [-0.39, 0.29) is 5.91 Å². The van der Waals surface area contributed by atoms with Crippen LogP contribution in [-0.4, -0.2) is 43.7 Å². The number of carbonyl (C=O) groups excluding carboxylic acids is 1. The number of hydrogen-bond donors (Lipinski definition) is 1. The van der Waals surface area contributed by atoms with Crippen LogP contribution in [0.1, 0.15) is 12.0 Å². The molecule has 0 unspecified atom stereocenters. The van der Waals surface area contributed by atoms with Crippen LogP contribution in [0.5, 0.6) is 0 Å². The minimum Gasteiger partial charge on any atom is -0.378 e. The SMILES string of the molecule is O=C(CCNCc1csc(Br)c1)N1CCOCC1. The predicted molar refractivity (Wildman–Crippen MR) is 75.7 cm³/mol. The normalized spacial score (nSPS) is 15.9. The number of morpholine rings is 1. The molecule has 18 heavy (non-hydrogen) atoms. The van der Waals surface area contributed by atoms with Crippen LogP contribution in [0.2, 0.25) is 0 Å². The van der Waals surface area contributed by atoms with Crippen molar-refractivity contribution in [3.05, 3.63) is 20.8 Å². The van der Waals surface area contributed by atoms with E-state index in [9.17, 15) is 4.79 Å². The summed E-state index contributed by atoms with van der Waals surface area (Å²) in [4.78, 5) is 13.7. The second kappa shape index (κ2) is 7.23. The highest BCUT2D eigenvalue weighted by Crippen LogP contribution is 2.20. The molecule has 0 saturated carbocycles. The van der Waals surface area contributed by atoms with E-state index in [1.54, 1.807) is 11.3 Å². The van der Waals surface area contributed by atoms with E-state index in [1.807, 2.05) is 4.90 Å². The lowest BCUT2D eigenvalue weighted by Gasteiger charge is -2.26. The van der Waals surface area contributed by atoms with Gasteiger partial charge in [0.25, 0.3) is 0 Å². The molecule has 1 aliphatic rings. The Balaban J connectivity index is 1.61. The van der Waals surface area contributed by atoms with Crippen LogP contribution in [0.4, 0.5) is 0 Å². The van der Waals surface area contributed by atoms with Gasteiger partial charge in [-0.1, -0.05) is 0 Å². The number of nitrogens with one attached hydrogen (secondary N) is 1. The smallest absolute Gasteiger partial charge is 0.224 e. The van der Waals surface area contributed by atoms with Crippen LogP contribution in [0.15, 0.2) is 15.2 Å². The summed E-state index contributed by atoms with van der Waals surface area (Å²) in [6.45, 7) is 4.35. The summed E-state index contributed by atoms with van der Waals surface area (Å²) >= 11 is 5.11. The van der Waals surface area contributed by atoms with E-state index in [2.05, 4.69) is 32.7 Å². The molecule has 0 spiro atoms.